The van der Waals surface area contributed by atoms with Crippen LogP contribution in [0.15, 0.2) is 53.9 Å². The van der Waals surface area contributed by atoms with Crippen molar-refractivity contribution in [1.29, 1.82) is 0 Å². The normalized spacial score (nSPS) is 15.2. The summed E-state index contributed by atoms with van der Waals surface area (Å²) in [6.45, 7) is 0.831. The maximum absolute atomic E-state index is 12.9. The molecule has 1 aliphatic rings. The lowest BCUT2D eigenvalue weighted by molar-refractivity contribution is -0.124. The Bertz CT molecular complexity index is 1120. The van der Waals surface area contributed by atoms with Gasteiger partial charge in [-0.15, -0.1) is 11.3 Å². The predicted molar refractivity (Wildman–Crippen MR) is 128 cm³/mol. The summed E-state index contributed by atoms with van der Waals surface area (Å²) in [7, 11) is 3.09. The van der Waals surface area contributed by atoms with Crippen LogP contribution < -0.4 is 20.1 Å². The van der Waals surface area contributed by atoms with Crippen molar-refractivity contribution in [2.75, 3.05) is 26.1 Å². The summed E-state index contributed by atoms with van der Waals surface area (Å²) in [6.07, 6.45) is 1.38. The molecule has 0 saturated carbocycles. The molecule has 2 N–H and O–H groups in total. The van der Waals surface area contributed by atoms with E-state index in [-0.39, 0.29) is 11.9 Å². The Morgan fingerprint density at radius 3 is 2.73 bits per heavy atom. The van der Waals surface area contributed by atoms with E-state index in [1.165, 1.54) is 7.11 Å². The fourth-order valence-electron chi connectivity index (χ4n) is 3.77. The van der Waals surface area contributed by atoms with Crippen LogP contribution in [0.1, 0.15) is 18.5 Å². The van der Waals surface area contributed by atoms with E-state index in [1.54, 1.807) is 41.5 Å². The van der Waals surface area contributed by atoms with Gasteiger partial charge in [0.05, 0.1) is 32.1 Å². The van der Waals surface area contributed by atoms with E-state index < -0.39 is 6.04 Å². The molecular formula is C24H26N4O4S. The third kappa shape index (κ3) is 5.25. The zero-order valence-corrected chi connectivity index (χ0v) is 19.4. The van der Waals surface area contributed by atoms with Crippen molar-refractivity contribution in [2.24, 2.45) is 0 Å². The summed E-state index contributed by atoms with van der Waals surface area (Å²) in [5.74, 6) is 0.931. The molecule has 8 nitrogen and oxygen atoms in total. The Kier molecular flexibility index (Phi) is 7.09. The second-order valence-electron chi connectivity index (χ2n) is 7.58. The van der Waals surface area contributed by atoms with Gasteiger partial charge in [0.15, 0.2) is 0 Å². The largest absolute Gasteiger partial charge is 0.497 e. The quantitative estimate of drug-likeness (QED) is 0.546. The van der Waals surface area contributed by atoms with Gasteiger partial charge in [0.1, 0.15) is 22.5 Å². The van der Waals surface area contributed by atoms with Crippen LogP contribution >= 0.6 is 11.3 Å². The first-order chi connectivity index (χ1) is 16.1. The smallest absolute Gasteiger partial charge is 0.322 e. The maximum atomic E-state index is 12.9. The molecule has 1 saturated heterocycles. The lowest BCUT2D eigenvalue weighted by Gasteiger charge is -2.24. The summed E-state index contributed by atoms with van der Waals surface area (Å²) in [4.78, 5) is 32.0. The van der Waals surface area contributed by atoms with Gasteiger partial charge in [0.2, 0.25) is 5.91 Å². The number of likely N-dealkylation sites (tertiary alicyclic amines) is 1. The highest BCUT2D eigenvalue weighted by Gasteiger charge is 2.34. The van der Waals surface area contributed by atoms with Crippen molar-refractivity contribution >= 4 is 29.0 Å². The lowest BCUT2D eigenvalue weighted by Crippen LogP contribution is -2.47. The van der Waals surface area contributed by atoms with Gasteiger partial charge in [-0.25, -0.2) is 9.78 Å². The van der Waals surface area contributed by atoms with Crippen LogP contribution in [0.3, 0.4) is 0 Å². The molecular weight excluding hydrogens is 440 g/mol. The molecule has 0 radical (unpaired) electrons. The second kappa shape index (κ2) is 10.4. The molecule has 172 valence electrons. The first-order valence-electron chi connectivity index (χ1n) is 10.7. The molecule has 1 fully saturated rings. The molecule has 1 aromatic heterocycles. The van der Waals surface area contributed by atoms with Crippen LogP contribution in [-0.2, 0) is 11.3 Å². The zero-order chi connectivity index (χ0) is 23.2. The Morgan fingerprint density at radius 2 is 1.97 bits per heavy atom. The van der Waals surface area contributed by atoms with Gasteiger partial charge >= 0.3 is 6.03 Å². The molecule has 3 amide bonds. The van der Waals surface area contributed by atoms with Gasteiger partial charge < -0.3 is 25.0 Å². The molecule has 3 aromatic rings. The van der Waals surface area contributed by atoms with Crippen molar-refractivity contribution in [3.8, 4) is 22.1 Å². The minimum absolute atomic E-state index is 0.182. The summed E-state index contributed by atoms with van der Waals surface area (Å²) >= 11 is 1.54. The first kappa shape index (κ1) is 22.6. The number of ether oxygens (including phenoxy) is 2. The molecule has 0 unspecified atom stereocenters. The van der Waals surface area contributed by atoms with E-state index >= 15 is 0 Å². The molecule has 33 heavy (non-hydrogen) atoms. The average molecular weight is 467 g/mol. The number of urea groups is 1. The van der Waals surface area contributed by atoms with Gasteiger partial charge in [0, 0.05) is 23.6 Å². The Hall–Kier alpha value is -3.59. The Morgan fingerprint density at radius 1 is 1.15 bits per heavy atom. The summed E-state index contributed by atoms with van der Waals surface area (Å²) < 4.78 is 10.5. The van der Waals surface area contributed by atoms with E-state index in [9.17, 15) is 9.59 Å². The van der Waals surface area contributed by atoms with Crippen molar-refractivity contribution < 1.29 is 19.1 Å². The van der Waals surface area contributed by atoms with Gasteiger partial charge in [0.25, 0.3) is 0 Å². The number of benzene rings is 2. The van der Waals surface area contributed by atoms with Gasteiger partial charge in [-0.05, 0) is 25.0 Å². The summed E-state index contributed by atoms with van der Waals surface area (Å²) in [6, 6.07) is 14.2. The standard InChI is InChI=1S/C24H26N4O4S/c1-31-18-10-11-19(21(13-18)32-2)27-24(30)28-12-6-9-20(28)22(29)25-14-17-15-33-23(26-17)16-7-4-3-5-8-16/h3-5,7-8,10-11,13,15,20H,6,9,12,14H2,1-2H3,(H,25,29)(H,27,30)/t20-/m1/s1. The molecule has 1 atom stereocenters. The number of hydrogen-bond donors (Lipinski definition) is 2. The number of carbonyl (C=O) groups excluding carboxylic acids is 2. The van der Waals surface area contributed by atoms with Crippen molar-refractivity contribution in [3.05, 3.63) is 59.6 Å². The van der Waals surface area contributed by atoms with Crippen LogP contribution in [0, 0.1) is 0 Å². The van der Waals surface area contributed by atoms with E-state index in [0.717, 1.165) is 22.7 Å². The number of rotatable bonds is 7. The molecule has 9 heteroatoms. The predicted octanol–water partition coefficient (Wildman–Crippen LogP) is 4.14. The highest BCUT2D eigenvalue weighted by atomic mass is 32.1. The first-order valence-corrected chi connectivity index (χ1v) is 11.5. The van der Waals surface area contributed by atoms with E-state index in [0.29, 0.717) is 36.7 Å². The molecule has 2 heterocycles. The Balaban J connectivity index is 1.36. The number of amides is 3. The molecule has 0 aliphatic carbocycles. The van der Waals surface area contributed by atoms with E-state index in [1.807, 2.05) is 35.7 Å². The molecule has 1 aliphatic heterocycles. The Labute approximate surface area is 196 Å². The topological polar surface area (TPSA) is 92.8 Å². The van der Waals surface area contributed by atoms with Gasteiger partial charge in [-0.1, -0.05) is 30.3 Å². The fraction of sp³-hybridized carbons (Fsp3) is 0.292. The molecule has 0 spiro atoms. The number of anilines is 1. The van der Waals surface area contributed by atoms with Crippen molar-refractivity contribution in [3.63, 3.8) is 0 Å². The maximum Gasteiger partial charge on any atom is 0.322 e. The van der Waals surface area contributed by atoms with Crippen LogP contribution in [0.2, 0.25) is 0 Å². The molecule has 2 aromatic carbocycles. The molecule has 0 bridgehead atoms. The van der Waals surface area contributed by atoms with Crippen LogP contribution in [-0.4, -0.2) is 48.6 Å². The van der Waals surface area contributed by atoms with Crippen LogP contribution in [0.25, 0.3) is 10.6 Å². The third-order valence-corrected chi connectivity index (χ3v) is 6.42. The summed E-state index contributed by atoms with van der Waals surface area (Å²) in [5, 5.41) is 8.64. The average Bonchev–Trinajstić information content (AvgIpc) is 3.53. The van der Waals surface area contributed by atoms with Gasteiger partial charge in [-0.2, -0.15) is 0 Å². The number of nitrogens with one attached hydrogen (secondary N) is 2. The van der Waals surface area contributed by atoms with E-state index in [2.05, 4.69) is 15.6 Å². The zero-order valence-electron chi connectivity index (χ0n) is 18.5. The number of aromatic nitrogens is 1. The SMILES string of the molecule is COc1ccc(NC(=O)N2CCC[C@@H]2C(=O)NCc2csc(-c3ccccc3)n2)c(OC)c1. The molecule has 4 rings (SSSR count). The fourth-order valence-corrected chi connectivity index (χ4v) is 4.59. The number of hydrogen-bond acceptors (Lipinski definition) is 6. The number of nitrogens with zero attached hydrogens (tertiary/aromatic N) is 2. The summed E-state index contributed by atoms with van der Waals surface area (Å²) in [5.41, 5.74) is 2.36. The highest BCUT2D eigenvalue weighted by Crippen LogP contribution is 2.30. The second-order valence-corrected chi connectivity index (χ2v) is 8.43. The number of methoxy groups -OCH3 is 2. The van der Waals surface area contributed by atoms with Crippen LogP contribution in [0.4, 0.5) is 10.5 Å². The minimum Gasteiger partial charge on any atom is -0.497 e. The van der Waals surface area contributed by atoms with Crippen molar-refractivity contribution in [2.45, 2.75) is 25.4 Å². The van der Waals surface area contributed by atoms with Crippen LogP contribution in [0.5, 0.6) is 11.5 Å². The monoisotopic (exact) mass is 466 g/mol. The van der Waals surface area contributed by atoms with Gasteiger partial charge in [-0.3, -0.25) is 4.79 Å². The van der Waals surface area contributed by atoms with Crippen molar-refractivity contribution in [1.82, 2.24) is 15.2 Å². The number of carbonyl (C=O) groups is 2. The lowest BCUT2D eigenvalue weighted by atomic mass is 10.2. The minimum atomic E-state index is -0.526. The third-order valence-electron chi connectivity index (χ3n) is 5.48. The number of thiazole rings is 1. The highest BCUT2D eigenvalue weighted by molar-refractivity contribution is 7.13. The van der Waals surface area contributed by atoms with E-state index in [4.69, 9.17) is 9.47 Å².